The number of hydrogen-bond donors (Lipinski definition) is 2. The van der Waals surface area contributed by atoms with E-state index < -0.39 is 46.5 Å². The second kappa shape index (κ2) is 14.2. The van der Waals surface area contributed by atoms with Gasteiger partial charge in [-0.15, -0.1) is 0 Å². The maximum absolute atomic E-state index is 13.6. The van der Waals surface area contributed by atoms with Gasteiger partial charge in [0.15, 0.2) is 0 Å². The van der Waals surface area contributed by atoms with Crippen molar-refractivity contribution in [2.45, 2.75) is 42.5 Å². The van der Waals surface area contributed by atoms with Gasteiger partial charge in [0.05, 0.1) is 18.3 Å². The fourth-order valence-electron chi connectivity index (χ4n) is 4.21. The highest BCUT2D eigenvalue weighted by Gasteiger charge is 2.47. The highest BCUT2D eigenvalue weighted by atomic mass is 32.2. The van der Waals surface area contributed by atoms with Gasteiger partial charge < -0.3 is 14.9 Å². The third-order valence-electron chi connectivity index (χ3n) is 6.09. The minimum atomic E-state index is -5.08. The summed E-state index contributed by atoms with van der Waals surface area (Å²) in [6.07, 6.45) is -7.39. The molecular weight excluding hydrogens is 645 g/mol. The summed E-state index contributed by atoms with van der Waals surface area (Å²) in [4.78, 5) is 28.4. The monoisotopic (exact) mass is 668 g/mol. The lowest BCUT2D eigenvalue weighted by molar-refractivity contribution is -0.193. The number of fused-ring (bicyclic) bond motifs is 2. The Labute approximate surface area is 250 Å². The second-order valence-electron chi connectivity index (χ2n) is 9.33. The van der Waals surface area contributed by atoms with Crippen LogP contribution in [0, 0.1) is 5.82 Å². The first-order valence-electron chi connectivity index (χ1n) is 12.5. The molecule has 2 aliphatic heterocycles. The molecule has 0 amide bonds. The van der Waals surface area contributed by atoms with Crippen molar-refractivity contribution >= 4 is 22.0 Å². The molecule has 19 heteroatoms. The number of nitrogens with zero attached hydrogens (tertiary/aromatic N) is 4. The maximum Gasteiger partial charge on any atom is 0.490 e. The number of carboxylic acids is 2. The van der Waals surface area contributed by atoms with Crippen molar-refractivity contribution in [3.05, 3.63) is 84.1 Å². The second-order valence-corrected chi connectivity index (χ2v) is 11.2. The number of carboxylic acid groups (broad SMARTS) is 2. The summed E-state index contributed by atoms with van der Waals surface area (Å²) in [5, 5.41) is 14.2. The predicted molar refractivity (Wildman–Crippen MR) is 138 cm³/mol. The summed E-state index contributed by atoms with van der Waals surface area (Å²) >= 11 is 0. The lowest BCUT2D eigenvalue weighted by Gasteiger charge is -2.27. The van der Waals surface area contributed by atoms with Crippen LogP contribution in [0.2, 0.25) is 0 Å². The number of hydrogen-bond acceptors (Lipinski definition) is 8. The highest BCUT2D eigenvalue weighted by Crippen LogP contribution is 2.36. The average Bonchev–Trinajstić information content (AvgIpc) is 3.30. The molecule has 2 aromatic heterocycles. The molecule has 0 aliphatic carbocycles. The Kier molecular flexibility index (Phi) is 11.1. The zero-order valence-electron chi connectivity index (χ0n) is 22.6. The number of carbonyl (C=O) groups is 2. The lowest BCUT2D eigenvalue weighted by Crippen LogP contribution is -2.46. The van der Waals surface area contributed by atoms with Crippen molar-refractivity contribution in [1.29, 1.82) is 0 Å². The fraction of sp³-hybridized carbons (Fsp3) is 0.308. The van der Waals surface area contributed by atoms with Crippen LogP contribution in [0.3, 0.4) is 0 Å². The summed E-state index contributed by atoms with van der Waals surface area (Å²) in [5.74, 6) is -5.69. The van der Waals surface area contributed by atoms with Crippen LogP contribution < -0.4 is 4.74 Å². The van der Waals surface area contributed by atoms with E-state index in [9.17, 15) is 39.2 Å². The first kappa shape index (κ1) is 35.1. The van der Waals surface area contributed by atoms with Gasteiger partial charge in [0.25, 0.3) is 0 Å². The average molecular weight is 669 g/mol. The van der Waals surface area contributed by atoms with Gasteiger partial charge >= 0.3 is 24.3 Å². The van der Waals surface area contributed by atoms with Crippen molar-refractivity contribution in [3.63, 3.8) is 0 Å². The van der Waals surface area contributed by atoms with Gasteiger partial charge in [0.2, 0.25) is 15.9 Å². The molecule has 0 radical (unpaired) electrons. The molecule has 2 unspecified atom stereocenters. The van der Waals surface area contributed by atoms with E-state index >= 15 is 0 Å². The zero-order chi connectivity index (χ0) is 33.6. The molecule has 1 saturated heterocycles. The molecule has 5 rings (SSSR count). The Morgan fingerprint density at radius 3 is 2.04 bits per heavy atom. The SMILES string of the molecule is O=C(O)C(F)(F)F.O=C(O)C(F)(F)F.O=S1(=O)c2cccnc2OC2CN(Cc3cccc(F)c3)CC2N1Cc1ccccn1. The number of alkyl halides is 6. The van der Waals surface area contributed by atoms with E-state index in [0.717, 1.165) is 5.56 Å². The Morgan fingerprint density at radius 2 is 1.49 bits per heavy atom. The number of pyridine rings is 2. The third-order valence-corrected chi connectivity index (χ3v) is 7.98. The van der Waals surface area contributed by atoms with Crippen molar-refractivity contribution < 1.29 is 63.7 Å². The number of benzene rings is 1. The van der Waals surface area contributed by atoms with Crippen LogP contribution in [-0.2, 0) is 32.7 Å². The Morgan fingerprint density at radius 1 is 0.867 bits per heavy atom. The van der Waals surface area contributed by atoms with Gasteiger partial charge in [-0.3, -0.25) is 9.88 Å². The van der Waals surface area contributed by atoms with Crippen molar-refractivity contribution in [2.75, 3.05) is 13.1 Å². The summed E-state index contributed by atoms with van der Waals surface area (Å²) in [5.41, 5.74) is 1.48. The lowest BCUT2D eigenvalue weighted by atomic mass is 10.2. The van der Waals surface area contributed by atoms with Crippen molar-refractivity contribution in [1.82, 2.24) is 19.2 Å². The van der Waals surface area contributed by atoms with Crippen LogP contribution in [0.5, 0.6) is 5.88 Å². The molecule has 2 N–H and O–H groups in total. The van der Waals surface area contributed by atoms with Gasteiger partial charge in [-0.1, -0.05) is 18.2 Å². The van der Waals surface area contributed by atoms with Crippen LogP contribution >= 0.6 is 0 Å². The minimum Gasteiger partial charge on any atom is -0.475 e. The predicted octanol–water partition coefficient (Wildman–Crippen LogP) is 3.72. The van der Waals surface area contributed by atoms with Gasteiger partial charge in [-0.2, -0.15) is 30.6 Å². The van der Waals surface area contributed by atoms with Crippen LogP contribution in [0.4, 0.5) is 30.7 Å². The highest BCUT2D eigenvalue weighted by molar-refractivity contribution is 7.89. The Balaban J connectivity index is 0.000000331. The third kappa shape index (κ3) is 9.56. The van der Waals surface area contributed by atoms with Crippen molar-refractivity contribution in [3.8, 4) is 5.88 Å². The normalized spacial score (nSPS) is 19.3. The van der Waals surface area contributed by atoms with E-state index in [1.54, 1.807) is 30.5 Å². The first-order valence-corrected chi connectivity index (χ1v) is 13.9. The van der Waals surface area contributed by atoms with E-state index in [1.165, 1.54) is 28.7 Å². The molecule has 244 valence electrons. The molecule has 45 heavy (non-hydrogen) atoms. The molecule has 0 spiro atoms. The molecule has 3 aromatic rings. The maximum atomic E-state index is 13.6. The van der Waals surface area contributed by atoms with E-state index in [2.05, 4.69) is 14.9 Å². The number of halogens is 7. The molecule has 1 fully saturated rings. The molecule has 2 aliphatic rings. The van der Waals surface area contributed by atoms with Crippen LogP contribution in [0.1, 0.15) is 11.3 Å². The topological polar surface area (TPSA) is 150 Å². The van der Waals surface area contributed by atoms with Crippen LogP contribution in [0.15, 0.2) is 71.9 Å². The number of likely N-dealkylation sites (tertiary alicyclic amines) is 1. The van der Waals surface area contributed by atoms with Gasteiger partial charge in [0.1, 0.15) is 16.8 Å². The molecule has 0 bridgehead atoms. The number of aromatic nitrogens is 2. The summed E-state index contributed by atoms with van der Waals surface area (Å²) in [7, 11) is -3.86. The van der Waals surface area contributed by atoms with Crippen molar-refractivity contribution in [2.24, 2.45) is 0 Å². The largest absolute Gasteiger partial charge is 0.490 e. The quantitative estimate of drug-likeness (QED) is 0.394. The van der Waals surface area contributed by atoms with Crippen LogP contribution in [0.25, 0.3) is 0 Å². The fourth-order valence-corrected chi connectivity index (χ4v) is 5.90. The summed E-state index contributed by atoms with van der Waals surface area (Å²) in [6.45, 7) is 1.60. The van der Waals surface area contributed by atoms with E-state index in [-0.39, 0.29) is 23.1 Å². The molecule has 11 nitrogen and oxygen atoms in total. The number of ether oxygens (including phenoxy) is 1. The van der Waals surface area contributed by atoms with E-state index in [1.807, 2.05) is 12.1 Å². The van der Waals surface area contributed by atoms with Crippen LogP contribution in [-0.4, -0.2) is 87.3 Å². The van der Waals surface area contributed by atoms with Gasteiger partial charge in [-0.25, -0.2) is 27.4 Å². The zero-order valence-corrected chi connectivity index (χ0v) is 23.4. The molecule has 0 saturated carbocycles. The number of sulfonamides is 1. The number of aliphatic carboxylic acids is 2. The Bertz CT molecular complexity index is 1570. The minimum absolute atomic E-state index is 0.0667. The number of rotatable bonds is 4. The first-order chi connectivity index (χ1) is 20.9. The molecule has 2 atom stereocenters. The standard InChI is InChI=1S/C22H21FN4O3S.2C2HF3O2/c23-17-6-3-5-16(11-17)12-26-14-19-20(15-26)30-22-21(8-4-10-25-22)31(28,29)27(19)13-18-7-1-2-9-24-18;2*3-2(4,5)1(6)7/h1-11,19-20H,12-15H2;2*(H,6,7). The molecule has 4 heterocycles. The smallest absolute Gasteiger partial charge is 0.475 e. The van der Waals surface area contributed by atoms with E-state index in [0.29, 0.717) is 25.3 Å². The van der Waals surface area contributed by atoms with E-state index in [4.69, 9.17) is 24.5 Å². The summed E-state index contributed by atoms with van der Waals surface area (Å²) in [6, 6.07) is 14.6. The summed E-state index contributed by atoms with van der Waals surface area (Å²) < 4.78 is 112. The Hall–Kier alpha value is -4.36. The molecular formula is C26H23F7N4O7S. The molecule has 1 aromatic carbocycles. The van der Waals surface area contributed by atoms with Gasteiger partial charge in [-0.05, 0) is 42.0 Å². The van der Waals surface area contributed by atoms with Gasteiger partial charge in [0, 0.05) is 32.0 Å².